The van der Waals surface area contributed by atoms with Gasteiger partial charge in [-0.1, -0.05) is 32.6 Å². The summed E-state index contributed by atoms with van der Waals surface area (Å²) in [6.45, 7) is 2.44. The summed E-state index contributed by atoms with van der Waals surface area (Å²) in [5, 5.41) is 41.1. The molecule has 1 rings (SSSR count). The summed E-state index contributed by atoms with van der Waals surface area (Å²) in [5.74, 6) is 0. The summed E-state index contributed by atoms with van der Waals surface area (Å²) in [6, 6.07) is 0. The number of unbranched alkanes of at least 4 members (excludes halogenated alkanes) is 4. The maximum Gasteiger partial charge on any atom is 0.137 e. The van der Waals surface area contributed by atoms with Crippen molar-refractivity contribution in [2.45, 2.75) is 69.7 Å². The lowest BCUT2D eigenvalue weighted by molar-refractivity contribution is -0.236. The van der Waals surface area contributed by atoms with Gasteiger partial charge in [0.25, 0.3) is 0 Å². The van der Waals surface area contributed by atoms with Gasteiger partial charge in [0, 0.05) is 0 Å². The summed E-state index contributed by atoms with van der Waals surface area (Å²) in [7, 11) is 0. The first-order chi connectivity index (χ1) is 9.11. The Morgan fingerprint density at radius 1 is 0.947 bits per heavy atom. The minimum atomic E-state index is -1.30. The molecule has 6 heteroatoms. The first-order valence-corrected chi connectivity index (χ1v) is 7.15. The lowest BCUT2D eigenvalue weighted by Crippen LogP contribution is -2.62. The predicted octanol–water partition coefficient (Wildman–Crippen LogP) is -0.654. The van der Waals surface area contributed by atoms with E-state index < -0.39 is 30.6 Å². The van der Waals surface area contributed by atoms with Crippen molar-refractivity contribution in [2.24, 2.45) is 0 Å². The maximum atomic E-state index is 9.78. The Morgan fingerprint density at radius 2 is 1.63 bits per heavy atom. The van der Waals surface area contributed by atoms with Crippen LogP contribution in [0.1, 0.15) is 39.0 Å². The Morgan fingerprint density at radius 3 is 2.26 bits per heavy atom. The van der Waals surface area contributed by atoms with E-state index in [1.54, 1.807) is 0 Å². The topological polar surface area (TPSA) is 102 Å². The summed E-state index contributed by atoms with van der Waals surface area (Å²) in [4.78, 5) is 0. The molecule has 0 bridgehead atoms. The SMILES string of the molecule is CCCCCCCNC1O[C@H](CO)[C@@H](O)[C@H](O)[C@H]1O. The molecule has 5 N–H and O–H groups in total. The van der Waals surface area contributed by atoms with E-state index in [0.29, 0.717) is 6.54 Å². The molecule has 1 fully saturated rings. The average Bonchev–Trinajstić information content (AvgIpc) is 2.42. The summed E-state index contributed by atoms with van der Waals surface area (Å²) >= 11 is 0. The van der Waals surface area contributed by atoms with Gasteiger partial charge in [0.1, 0.15) is 30.6 Å². The van der Waals surface area contributed by atoms with E-state index in [-0.39, 0.29) is 6.61 Å². The van der Waals surface area contributed by atoms with E-state index in [2.05, 4.69) is 12.2 Å². The number of nitrogens with one attached hydrogen (secondary N) is 1. The fourth-order valence-corrected chi connectivity index (χ4v) is 2.24. The molecule has 1 saturated heterocycles. The van der Waals surface area contributed by atoms with Crippen LogP contribution in [0, 0.1) is 0 Å². The molecule has 1 unspecified atom stereocenters. The quantitative estimate of drug-likeness (QED) is 0.378. The van der Waals surface area contributed by atoms with Crippen LogP contribution < -0.4 is 5.32 Å². The molecular weight excluding hydrogens is 250 g/mol. The van der Waals surface area contributed by atoms with E-state index in [9.17, 15) is 15.3 Å². The van der Waals surface area contributed by atoms with Gasteiger partial charge >= 0.3 is 0 Å². The number of rotatable bonds is 8. The normalized spacial score (nSPS) is 35.5. The Kier molecular flexibility index (Phi) is 7.82. The van der Waals surface area contributed by atoms with Crippen LogP contribution in [0.25, 0.3) is 0 Å². The number of aliphatic hydroxyl groups excluding tert-OH is 4. The molecule has 114 valence electrons. The standard InChI is InChI=1S/C13H27NO5/c1-2-3-4-5-6-7-14-13-12(18)11(17)10(16)9(8-15)19-13/h9-18H,2-8H2,1H3/t9-,10-,11+,12-,13?/m1/s1. The molecule has 0 radical (unpaired) electrons. The van der Waals surface area contributed by atoms with Crippen molar-refractivity contribution >= 4 is 0 Å². The first-order valence-electron chi connectivity index (χ1n) is 7.15. The van der Waals surface area contributed by atoms with Crippen LogP contribution in [0.2, 0.25) is 0 Å². The lowest BCUT2D eigenvalue weighted by atomic mass is 9.98. The largest absolute Gasteiger partial charge is 0.394 e. The van der Waals surface area contributed by atoms with E-state index in [1.807, 2.05) is 0 Å². The van der Waals surface area contributed by atoms with Gasteiger partial charge in [-0.05, 0) is 13.0 Å². The average molecular weight is 277 g/mol. The minimum absolute atomic E-state index is 0.389. The lowest BCUT2D eigenvalue weighted by Gasteiger charge is -2.40. The fourth-order valence-electron chi connectivity index (χ4n) is 2.24. The van der Waals surface area contributed by atoms with Crippen LogP contribution in [0.3, 0.4) is 0 Å². The molecule has 19 heavy (non-hydrogen) atoms. The molecule has 0 aliphatic carbocycles. The Balaban J connectivity index is 2.28. The summed E-state index contributed by atoms with van der Waals surface area (Å²) in [6.07, 6.45) is 0.317. The molecule has 0 saturated carbocycles. The maximum absolute atomic E-state index is 9.78. The van der Waals surface area contributed by atoms with Crippen LogP contribution in [-0.2, 0) is 4.74 Å². The van der Waals surface area contributed by atoms with Crippen molar-refractivity contribution in [1.82, 2.24) is 5.32 Å². The van der Waals surface area contributed by atoms with Crippen molar-refractivity contribution in [3.8, 4) is 0 Å². The second kappa shape index (κ2) is 8.84. The van der Waals surface area contributed by atoms with Gasteiger partial charge in [0.15, 0.2) is 0 Å². The van der Waals surface area contributed by atoms with E-state index >= 15 is 0 Å². The van der Waals surface area contributed by atoms with Crippen molar-refractivity contribution < 1.29 is 25.2 Å². The van der Waals surface area contributed by atoms with Crippen molar-refractivity contribution in [2.75, 3.05) is 13.2 Å². The second-order valence-electron chi connectivity index (χ2n) is 5.12. The Hall–Kier alpha value is -0.240. The molecule has 0 aromatic rings. The summed E-state index contributed by atoms with van der Waals surface area (Å²) < 4.78 is 5.34. The third-order valence-corrected chi connectivity index (χ3v) is 3.52. The zero-order valence-electron chi connectivity index (χ0n) is 11.5. The molecular formula is C13H27NO5. The molecule has 0 aromatic carbocycles. The van der Waals surface area contributed by atoms with Crippen LogP contribution >= 0.6 is 0 Å². The third kappa shape index (κ3) is 4.98. The van der Waals surface area contributed by atoms with Gasteiger partial charge in [-0.2, -0.15) is 0 Å². The van der Waals surface area contributed by atoms with Gasteiger partial charge in [-0.15, -0.1) is 0 Å². The van der Waals surface area contributed by atoms with Gasteiger partial charge < -0.3 is 25.2 Å². The molecule has 1 aliphatic rings. The molecule has 0 amide bonds. The predicted molar refractivity (Wildman–Crippen MR) is 70.5 cm³/mol. The summed E-state index contributed by atoms with van der Waals surface area (Å²) in [5.41, 5.74) is 0. The number of hydrogen-bond donors (Lipinski definition) is 5. The smallest absolute Gasteiger partial charge is 0.137 e. The van der Waals surface area contributed by atoms with Crippen molar-refractivity contribution in [3.63, 3.8) is 0 Å². The zero-order chi connectivity index (χ0) is 14.3. The van der Waals surface area contributed by atoms with Gasteiger partial charge in [-0.3, -0.25) is 5.32 Å². The monoisotopic (exact) mass is 277 g/mol. The van der Waals surface area contributed by atoms with Gasteiger partial charge in [0.05, 0.1) is 6.61 Å². The first kappa shape index (κ1) is 16.8. The Labute approximate surface area is 114 Å². The molecule has 1 aliphatic heterocycles. The van der Waals surface area contributed by atoms with E-state index in [0.717, 1.165) is 12.8 Å². The molecule has 1 heterocycles. The molecule has 0 aromatic heterocycles. The van der Waals surface area contributed by atoms with Crippen LogP contribution in [0.5, 0.6) is 0 Å². The zero-order valence-corrected chi connectivity index (χ0v) is 11.5. The number of hydrogen-bond acceptors (Lipinski definition) is 6. The van der Waals surface area contributed by atoms with Gasteiger partial charge in [0.2, 0.25) is 0 Å². The highest BCUT2D eigenvalue weighted by Crippen LogP contribution is 2.19. The molecule has 6 nitrogen and oxygen atoms in total. The van der Waals surface area contributed by atoms with Crippen LogP contribution in [-0.4, -0.2) is 64.2 Å². The molecule has 0 spiro atoms. The highest BCUT2D eigenvalue weighted by molar-refractivity contribution is 4.90. The Bertz CT molecular complexity index is 239. The van der Waals surface area contributed by atoms with Crippen molar-refractivity contribution in [1.29, 1.82) is 0 Å². The van der Waals surface area contributed by atoms with Crippen molar-refractivity contribution in [3.05, 3.63) is 0 Å². The second-order valence-corrected chi connectivity index (χ2v) is 5.12. The van der Waals surface area contributed by atoms with Crippen LogP contribution in [0.15, 0.2) is 0 Å². The van der Waals surface area contributed by atoms with E-state index in [1.165, 1.54) is 19.3 Å². The van der Waals surface area contributed by atoms with Crippen LogP contribution in [0.4, 0.5) is 0 Å². The molecule has 5 atom stereocenters. The number of aliphatic hydroxyl groups is 4. The highest BCUT2D eigenvalue weighted by atomic mass is 16.6. The van der Waals surface area contributed by atoms with Gasteiger partial charge in [-0.25, -0.2) is 0 Å². The fraction of sp³-hybridized carbons (Fsp3) is 1.00. The highest BCUT2D eigenvalue weighted by Gasteiger charge is 2.42. The number of ether oxygens (including phenoxy) is 1. The van der Waals surface area contributed by atoms with E-state index in [4.69, 9.17) is 9.84 Å². The minimum Gasteiger partial charge on any atom is -0.394 e. The third-order valence-electron chi connectivity index (χ3n) is 3.52.